The molecule has 1 aliphatic carbocycles. The molecular formula is C23H26N2O4. The van der Waals surface area contributed by atoms with Crippen molar-refractivity contribution in [2.45, 2.75) is 31.8 Å². The Labute approximate surface area is 171 Å². The lowest BCUT2D eigenvalue weighted by Gasteiger charge is -2.11. The van der Waals surface area contributed by atoms with E-state index in [1.165, 1.54) is 0 Å². The van der Waals surface area contributed by atoms with Crippen molar-refractivity contribution in [2.24, 2.45) is 11.1 Å². The van der Waals surface area contributed by atoms with Gasteiger partial charge in [-0.3, -0.25) is 0 Å². The molecular weight excluding hydrogens is 368 g/mol. The largest absolute Gasteiger partial charge is 0.489 e. The lowest BCUT2D eigenvalue weighted by molar-refractivity contribution is 0.208. The van der Waals surface area contributed by atoms with Gasteiger partial charge in [-0.2, -0.15) is 5.26 Å². The SMILES string of the molecule is CO/N=C(/COc1ccc(COc2ccc(C(C#N)CCO)cc2)cc1)C1CC1. The molecule has 2 aromatic rings. The van der Waals surface area contributed by atoms with Crippen molar-refractivity contribution < 1.29 is 19.4 Å². The summed E-state index contributed by atoms with van der Waals surface area (Å²) in [6.07, 6.45) is 2.74. The number of aliphatic hydroxyl groups is 1. The van der Waals surface area contributed by atoms with Gasteiger partial charge in [0.05, 0.1) is 17.7 Å². The Kier molecular flexibility index (Phi) is 7.48. The second kappa shape index (κ2) is 10.5. The predicted octanol–water partition coefficient (Wildman–Crippen LogP) is 4.05. The van der Waals surface area contributed by atoms with Gasteiger partial charge in [-0.1, -0.05) is 29.4 Å². The summed E-state index contributed by atoms with van der Waals surface area (Å²) in [5.41, 5.74) is 2.88. The third-order valence-electron chi connectivity index (χ3n) is 4.83. The van der Waals surface area contributed by atoms with Gasteiger partial charge in [0, 0.05) is 12.5 Å². The zero-order chi connectivity index (χ0) is 20.5. The Bertz CT molecular complexity index is 837. The van der Waals surface area contributed by atoms with Crippen molar-refractivity contribution >= 4 is 5.71 Å². The molecule has 0 amide bonds. The maximum absolute atomic E-state index is 9.16. The van der Waals surface area contributed by atoms with E-state index in [1.807, 2.05) is 48.5 Å². The van der Waals surface area contributed by atoms with Crippen molar-refractivity contribution in [3.8, 4) is 17.6 Å². The van der Waals surface area contributed by atoms with E-state index >= 15 is 0 Å². The molecule has 1 atom stereocenters. The molecule has 6 nitrogen and oxygen atoms in total. The number of nitriles is 1. The first-order chi connectivity index (χ1) is 14.2. The van der Waals surface area contributed by atoms with E-state index in [2.05, 4.69) is 11.2 Å². The molecule has 2 aromatic carbocycles. The standard InChI is InChI=1S/C23H26N2O4/c1-27-25-23(19-4-5-19)16-29-21-8-2-17(3-9-21)15-28-22-10-6-18(7-11-22)20(14-24)12-13-26/h2-3,6-11,19-20,26H,4-5,12-13,15-16H2,1H3/b25-23-. The second-order valence-corrected chi connectivity index (χ2v) is 7.02. The molecule has 6 heteroatoms. The van der Waals surface area contributed by atoms with Crippen molar-refractivity contribution in [3.63, 3.8) is 0 Å². The number of hydrogen-bond donors (Lipinski definition) is 1. The highest BCUT2D eigenvalue weighted by atomic mass is 16.6. The fourth-order valence-electron chi connectivity index (χ4n) is 2.99. The van der Waals surface area contributed by atoms with Gasteiger partial charge in [0.2, 0.25) is 0 Å². The molecule has 0 bridgehead atoms. The summed E-state index contributed by atoms with van der Waals surface area (Å²) < 4.78 is 11.6. The van der Waals surface area contributed by atoms with Gasteiger partial charge in [-0.05, 0) is 54.7 Å². The molecule has 1 unspecified atom stereocenters. The number of benzene rings is 2. The molecule has 0 spiro atoms. The highest BCUT2D eigenvalue weighted by Gasteiger charge is 2.28. The van der Waals surface area contributed by atoms with Crippen LogP contribution in [0.2, 0.25) is 0 Å². The van der Waals surface area contributed by atoms with Crippen molar-refractivity contribution in [1.29, 1.82) is 5.26 Å². The summed E-state index contributed by atoms with van der Waals surface area (Å²) in [6.45, 7) is 0.883. The van der Waals surface area contributed by atoms with Gasteiger partial charge < -0.3 is 19.4 Å². The molecule has 1 fully saturated rings. The molecule has 0 saturated heterocycles. The normalized spacial score (nSPS) is 14.7. The van der Waals surface area contributed by atoms with Gasteiger partial charge in [-0.15, -0.1) is 0 Å². The predicted molar refractivity (Wildman–Crippen MR) is 110 cm³/mol. The van der Waals surface area contributed by atoms with Gasteiger partial charge in [0.25, 0.3) is 0 Å². The van der Waals surface area contributed by atoms with Gasteiger partial charge in [0.15, 0.2) is 0 Å². The first kappa shape index (κ1) is 20.7. The second-order valence-electron chi connectivity index (χ2n) is 7.02. The van der Waals surface area contributed by atoms with E-state index < -0.39 is 0 Å². The third kappa shape index (κ3) is 6.23. The zero-order valence-electron chi connectivity index (χ0n) is 16.6. The smallest absolute Gasteiger partial charge is 0.130 e. The fraction of sp³-hybridized carbons (Fsp3) is 0.391. The number of hydrogen-bond acceptors (Lipinski definition) is 6. The molecule has 1 aliphatic rings. The Hall–Kier alpha value is -3.04. The van der Waals surface area contributed by atoms with Crippen LogP contribution in [0.5, 0.6) is 11.5 Å². The van der Waals surface area contributed by atoms with Crippen LogP contribution in [0.15, 0.2) is 53.7 Å². The van der Waals surface area contributed by atoms with E-state index in [9.17, 15) is 0 Å². The van der Waals surface area contributed by atoms with E-state index in [4.69, 9.17) is 24.7 Å². The topological polar surface area (TPSA) is 84.1 Å². The van der Waals surface area contributed by atoms with E-state index in [-0.39, 0.29) is 12.5 Å². The first-order valence-corrected chi connectivity index (χ1v) is 9.78. The van der Waals surface area contributed by atoms with Crippen LogP contribution in [-0.2, 0) is 11.4 Å². The zero-order valence-corrected chi connectivity index (χ0v) is 16.6. The van der Waals surface area contributed by atoms with Crippen LogP contribution in [0.1, 0.15) is 36.3 Å². The quantitative estimate of drug-likeness (QED) is 0.459. The molecule has 152 valence electrons. The van der Waals surface area contributed by atoms with Crippen LogP contribution in [0.25, 0.3) is 0 Å². The van der Waals surface area contributed by atoms with Crippen LogP contribution < -0.4 is 9.47 Å². The van der Waals surface area contributed by atoms with Crippen LogP contribution in [0.3, 0.4) is 0 Å². The minimum atomic E-state index is -0.295. The van der Waals surface area contributed by atoms with Crippen LogP contribution in [0, 0.1) is 17.2 Å². The summed E-state index contributed by atoms with van der Waals surface area (Å²) in [6, 6.07) is 17.4. The summed E-state index contributed by atoms with van der Waals surface area (Å²) >= 11 is 0. The summed E-state index contributed by atoms with van der Waals surface area (Å²) in [5, 5.41) is 22.2. The maximum atomic E-state index is 9.16. The molecule has 0 heterocycles. The fourth-order valence-corrected chi connectivity index (χ4v) is 2.99. The van der Waals surface area contributed by atoms with Crippen LogP contribution >= 0.6 is 0 Å². The minimum absolute atomic E-state index is 0.00272. The number of aliphatic hydroxyl groups excluding tert-OH is 1. The highest BCUT2D eigenvalue weighted by molar-refractivity contribution is 5.89. The van der Waals surface area contributed by atoms with Gasteiger partial charge >= 0.3 is 0 Å². The van der Waals surface area contributed by atoms with Gasteiger partial charge in [0.1, 0.15) is 31.8 Å². The number of rotatable bonds is 11. The summed E-state index contributed by atoms with van der Waals surface area (Å²) in [4.78, 5) is 4.89. The Morgan fingerprint density at radius 3 is 2.34 bits per heavy atom. The third-order valence-corrected chi connectivity index (χ3v) is 4.83. The molecule has 0 radical (unpaired) electrons. The molecule has 3 rings (SSSR count). The van der Waals surface area contributed by atoms with Gasteiger partial charge in [-0.25, -0.2) is 0 Å². The average Bonchev–Trinajstić information content (AvgIpc) is 3.60. The van der Waals surface area contributed by atoms with Crippen molar-refractivity contribution in [3.05, 3.63) is 59.7 Å². The number of nitrogens with zero attached hydrogens (tertiary/aromatic N) is 2. The summed E-state index contributed by atoms with van der Waals surface area (Å²) in [5.74, 6) is 1.73. The molecule has 1 saturated carbocycles. The maximum Gasteiger partial charge on any atom is 0.130 e. The van der Waals surface area contributed by atoms with Crippen LogP contribution in [0.4, 0.5) is 0 Å². The van der Waals surface area contributed by atoms with Crippen molar-refractivity contribution in [2.75, 3.05) is 20.3 Å². The van der Waals surface area contributed by atoms with E-state index in [1.54, 1.807) is 7.11 Å². The molecule has 0 aliphatic heterocycles. The molecule has 0 aromatic heterocycles. The number of oxime groups is 1. The molecule has 29 heavy (non-hydrogen) atoms. The highest BCUT2D eigenvalue weighted by Crippen LogP contribution is 2.31. The Morgan fingerprint density at radius 2 is 1.76 bits per heavy atom. The average molecular weight is 394 g/mol. The Balaban J connectivity index is 1.48. The monoisotopic (exact) mass is 394 g/mol. The lowest BCUT2D eigenvalue weighted by atomic mass is 9.98. The Morgan fingerprint density at radius 1 is 1.10 bits per heavy atom. The number of ether oxygens (including phenoxy) is 2. The van der Waals surface area contributed by atoms with Crippen molar-refractivity contribution in [1.82, 2.24) is 0 Å². The van der Waals surface area contributed by atoms with E-state index in [0.29, 0.717) is 25.6 Å². The van der Waals surface area contributed by atoms with Crippen LogP contribution in [-0.4, -0.2) is 31.1 Å². The first-order valence-electron chi connectivity index (χ1n) is 9.78. The summed E-state index contributed by atoms with van der Waals surface area (Å²) in [7, 11) is 1.56. The minimum Gasteiger partial charge on any atom is -0.489 e. The lowest BCUT2D eigenvalue weighted by Crippen LogP contribution is -2.14. The molecule has 1 N–H and O–H groups in total. The van der Waals surface area contributed by atoms with E-state index in [0.717, 1.165) is 41.2 Å².